The fourth-order valence-electron chi connectivity index (χ4n) is 3.27. The zero-order valence-electron chi connectivity index (χ0n) is 19.7. The molecule has 0 saturated heterocycles. The van der Waals surface area contributed by atoms with Gasteiger partial charge in [-0.3, -0.25) is 9.59 Å². The van der Waals surface area contributed by atoms with Crippen LogP contribution in [-0.2, 0) is 4.79 Å². The van der Waals surface area contributed by atoms with Crippen LogP contribution in [0.3, 0.4) is 0 Å². The van der Waals surface area contributed by atoms with E-state index in [9.17, 15) is 9.59 Å². The van der Waals surface area contributed by atoms with Crippen LogP contribution in [0.1, 0.15) is 10.4 Å². The number of benzene rings is 3. The first-order valence-electron chi connectivity index (χ1n) is 10.8. The maximum absolute atomic E-state index is 12.5. The molecule has 1 aromatic heterocycles. The van der Waals surface area contributed by atoms with Crippen LogP contribution in [0.4, 0.5) is 10.8 Å². The molecule has 11 heteroatoms. The van der Waals surface area contributed by atoms with Crippen molar-refractivity contribution in [2.45, 2.75) is 4.90 Å². The molecule has 0 atom stereocenters. The average Bonchev–Trinajstić information content (AvgIpc) is 3.36. The van der Waals surface area contributed by atoms with Crippen molar-refractivity contribution in [1.29, 1.82) is 0 Å². The molecule has 0 fully saturated rings. The summed E-state index contributed by atoms with van der Waals surface area (Å²) in [4.78, 5) is 30.3. The molecular formula is C26H21Cl2N3O4S2. The molecule has 0 unspecified atom stereocenters. The molecule has 0 aliphatic rings. The monoisotopic (exact) mass is 573 g/mol. The summed E-state index contributed by atoms with van der Waals surface area (Å²) >= 11 is 14.7. The molecule has 2 amide bonds. The molecular weight excluding hydrogens is 553 g/mol. The zero-order chi connectivity index (χ0) is 26.4. The first-order valence-corrected chi connectivity index (χ1v) is 13.5. The van der Waals surface area contributed by atoms with E-state index in [1.807, 2.05) is 35.7 Å². The Balaban J connectivity index is 1.29. The van der Waals surface area contributed by atoms with Gasteiger partial charge in [0.25, 0.3) is 5.91 Å². The number of amides is 2. The lowest BCUT2D eigenvalue weighted by Crippen LogP contribution is -2.14. The second-order valence-corrected chi connectivity index (χ2v) is 10.3. The minimum Gasteiger partial charge on any atom is -0.493 e. The Kier molecular flexibility index (Phi) is 8.94. The highest BCUT2D eigenvalue weighted by atomic mass is 35.5. The van der Waals surface area contributed by atoms with E-state index in [0.717, 1.165) is 16.2 Å². The predicted octanol–water partition coefficient (Wildman–Crippen LogP) is 7.12. The number of thioether (sulfide) groups is 1. The average molecular weight is 575 g/mol. The van der Waals surface area contributed by atoms with Gasteiger partial charge in [0.05, 0.1) is 36.3 Å². The number of anilines is 2. The molecule has 0 aliphatic carbocycles. The molecule has 4 aromatic rings. The molecule has 0 bridgehead atoms. The quantitative estimate of drug-likeness (QED) is 0.207. The SMILES string of the molecule is COc1ccc(-c2csc(NC(=O)CSc3ccc(NC(=O)c4ccc(Cl)cc4Cl)cc3)n2)cc1OC. The van der Waals surface area contributed by atoms with Crippen molar-refractivity contribution in [1.82, 2.24) is 4.98 Å². The fourth-order valence-corrected chi connectivity index (χ4v) is 5.20. The van der Waals surface area contributed by atoms with E-state index >= 15 is 0 Å². The molecule has 0 radical (unpaired) electrons. The Morgan fingerprint density at radius 3 is 2.41 bits per heavy atom. The smallest absolute Gasteiger partial charge is 0.257 e. The van der Waals surface area contributed by atoms with Gasteiger partial charge in [-0.25, -0.2) is 4.98 Å². The minimum atomic E-state index is -0.336. The summed E-state index contributed by atoms with van der Waals surface area (Å²) in [5.74, 6) is 0.935. The van der Waals surface area contributed by atoms with E-state index < -0.39 is 0 Å². The highest BCUT2D eigenvalue weighted by molar-refractivity contribution is 8.00. The number of rotatable bonds is 9. The third-order valence-corrected chi connectivity index (χ3v) is 7.41. The van der Waals surface area contributed by atoms with Crippen LogP contribution in [0.25, 0.3) is 11.3 Å². The van der Waals surface area contributed by atoms with Crippen molar-refractivity contribution in [3.05, 3.63) is 81.7 Å². The maximum Gasteiger partial charge on any atom is 0.257 e. The second kappa shape index (κ2) is 12.3. The van der Waals surface area contributed by atoms with Crippen LogP contribution in [0.5, 0.6) is 11.5 Å². The van der Waals surface area contributed by atoms with Gasteiger partial charge in [0.2, 0.25) is 5.91 Å². The van der Waals surface area contributed by atoms with Crippen molar-refractivity contribution in [3.8, 4) is 22.8 Å². The van der Waals surface area contributed by atoms with Gasteiger partial charge in [-0.1, -0.05) is 23.2 Å². The standard InChI is InChI=1S/C26H21Cl2N3O4S2/c1-34-22-10-3-15(11-23(22)35-2)21-13-37-26(30-21)31-24(32)14-36-18-7-5-17(6-8-18)29-25(33)19-9-4-16(27)12-20(19)28/h3-13H,14H2,1-2H3,(H,29,33)(H,30,31,32). The number of ether oxygens (including phenoxy) is 2. The van der Waals surface area contributed by atoms with Crippen LogP contribution >= 0.6 is 46.3 Å². The van der Waals surface area contributed by atoms with Gasteiger partial charge in [-0.05, 0) is 60.7 Å². The first-order chi connectivity index (χ1) is 17.9. The number of nitrogens with one attached hydrogen (secondary N) is 2. The molecule has 4 rings (SSSR count). The van der Waals surface area contributed by atoms with Gasteiger partial charge in [0.1, 0.15) is 0 Å². The zero-order valence-corrected chi connectivity index (χ0v) is 22.9. The van der Waals surface area contributed by atoms with Crippen LogP contribution in [0.2, 0.25) is 10.0 Å². The molecule has 1 heterocycles. The topological polar surface area (TPSA) is 89.6 Å². The minimum absolute atomic E-state index is 0.173. The van der Waals surface area contributed by atoms with Gasteiger partial charge in [-0.2, -0.15) is 0 Å². The van der Waals surface area contributed by atoms with Gasteiger partial charge in [-0.15, -0.1) is 23.1 Å². The van der Waals surface area contributed by atoms with Gasteiger partial charge in [0.15, 0.2) is 16.6 Å². The molecule has 190 valence electrons. The van der Waals surface area contributed by atoms with E-state index in [-0.39, 0.29) is 22.6 Å². The molecule has 37 heavy (non-hydrogen) atoms. The summed E-state index contributed by atoms with van der Waals surface area (Å²) < 4.78 is 10.6. The predicted molar refractivity (Wildman–Crippen MR) is 151 cm³/mol. The summed E-state index contributed by atoms with van der Waals surface area (Å²) in [5.41, 5.74) is 2.52. The lowest BCUT2D eigenvalue weighted by atomic mass is 10.1. The second-order valence-electron chi connectivity index (χ2n) is 7.55. The van der Waals surface area contributed by atoms with E-state index in [2.05, 4.69) is 15.6 Å². The summed E-state index contributed by atoms with van der Waals surface area (Å²) in [5, 5.41) is 8.74. The Morgan fingerprint density at radius 1 is 0.946 bits per heavy atom. The van der Waals surface area contributed by atoms with Crippen LogP contribution < -0.4 is 20.1 Å². The molecule has 0 spiro atoms. The summed E-state index contributed by atoms with van der Waals surface area (Å²) in [6.45, 7) is 0. The molecule has 3 aromatic carbocycles. The Labute approximate surface area is 232 Å². The van der Waals surface area contributed by atoms with E-state index in [1.165, 1.54) is 29.2 Å². The summed E-state index contributed by atoms with van der Waals surface area (Å²) in [6.07, 6.45) is 0. The fraction of sp³-hybridized carbons (Fsp3) is 0.115. The van der Waals surface area contributed by atoms with Crippen molar-refractivity contribution in [3.63, 3.8) is 0 Å². The molecule has 0 aliphatic heterocycles. The number of hydrogen-bond acceptors (Lipinski definition) is 7. The first kappa shape index (κ1) is 26.8. The number of hydrogen-bond donors (Lipinski definition) is 2. The highest BCUT2D eigenvalue weighted by Crippen LogP contribution is 2.33. The van der Waals surface area contributed by atoms with Crippen LogP contribution in [0.15, 0.2) is 70.9 Å². The lowest BCUT2D eigenvalue weighted by Gasteiger charge is -2.08. The normalized spacial score (nSPS) is 10.6. The summed E-state index contributed by atoms with van der Waals surface area (Å²) in [6, 6.07) is 17.4. The number of aromatic nitrogens is 1. The van der Waals surface area contributed by atoms with Crippen molar-refractivity contribution in [2.75, 3.05) is 30.6 Å². The Bertz CT molecular complexity index is 1430. The lowest BCUT2D eigenvalue weighted by molar-refractivity contribution is -0.113. The van der Waals surface area contributed by atoms with Crippen LogP contribution in [0, 0.1) is 0 Å². The highest BCUT2D eigenvalue weighted by Gasteiger charge is 2.13. The van der Waals surface area contributed by atoms with E-state index in [1.54, 1.807) is 38.5 Å². The Morgan fingerprint density at radius 2 is 1.70 bits per heavy atom. The van der Waals surface area contributed by atoms with Crippen LogP contribution in [-0.4, -0.2) is 36.8 Å². The largest absolute Gasteiger partial charge is 0.493 e. The van der Waals surface area contributed by atoms with Gasteiger partial charge in [0, 0.05) is 26.5 Å². The van der Waals surface area contributed by atoms with Gasteiger partial charge >= 0.3 is 0 Å². The number of halogens is 2. The number of thiazole rings is 1. The van der Waals surface area contributed by atoms with E-state index in [0.29, 0.717) is 32.9 Å². The number of carbonyl (C=O) groups is 2. The maximum atomic E-state index is 12.5. The Hall–Kier alpha value is -3.24. The third-order valence-electron chi connectivity index (χ3n) is 5.09. The molecule has 0 saturated carbocycles. The van der Waals surface area contributed by atoms with Crippen molar-refractivity contribution < 1.29 is 19.1 Å². The van der Waals surface area contributed by atoms with E-state index in [4.69, 9.17) is 32.7 Å². The van der Waals surface area contributed by atoms with Gasteiger partial charge < -0.3 is 20.1 Å². The molecule has 2 N–H and O–H groups in total. The number of methoxy groups -OCH3 is 2. The van der Waals surface area contributed by atoms with Crippen molar-refractivity contribution >= 4 is 68.9 Å². The third kappa shape index (κ3) is 6.95. The number of nitrogens with zero attached hydrogens (tertiary/aromatic N) is 1. The molecule has 7 nitrogen and oxygen atoms in total. The van der Waals surface area contributed by atoms with Crippen molar-refractivity contribution in [2.24, 2.45) is 0 Å². The summed E-state index contributed by atoms with van der Waals surface area (Å²) in [7, 11) is 3.16. The number of carbonyl (C=O) groups excluding carboxylic acids is 2.